The van der Waals surface area contributed by atoms with Crippen molar-refractivity contribution in [2.45, 2.75) is 0 Å². The molecule has 0 bridgehead atoms. The van der Waals surface area contributed by atoms with E-state index in [0.717, 1.165) is 5.95 Å². The lowest BCUT2D eigenvalue weighted by Crippen LogP contribution is -1.95. The fourth-order valence-electron chi connectivity index (χ4n) is 0.654. The third-order valence-corrected chi connectivity index (χ3v) is 1.09. The molecule has 1 heterocycles. The highest BCUT2D eigenvalue weighted by atomic mass is 15.2. The predicted octanol–water partition coefficient (Wildman–Crippen LogP) is 1.03. The summed E-state index contributed by atoms with van der Waals surface area (Å²) in [6.45, 7) is 3.59. The summed E-state index contributed by atoms with van der Waals surface area (Å²) < 4.78 is 1.81. The lowest BCUT2D eigenvalue weighted by molar-refractivity contribution is 1.13. The van der Waals surface area contributed by atoms with Gasteiger partial charge in [-0.05, 0) is 0 Å². The maximum atomic E-state index is 3.99. The molecule has 0 unspecified atom stereocenters. The van der Waals surface area contributed by atoms with Gasteiger partial charge in [0.1, 0.15) is 0 Å². The minimum atomic E-state index is 0.810. The Labute approximate surface area is 54.0 Å². The number of nitrogens with zero attached hydrogens (tertiary/aromatic N) is 2. The average molecular weight is 123 g/mol. The van der Waals surface area contributed by atoms with Gasteiger partial charge in [0, 0.05) is 25.6 Å². The molecule has 0 saturated carbocycles. The average Bonchev–Trinajstić information content (AvgIpc) is 2.33. The van der Waals surface area contributed by atoms with Crippen LogP contribution in [0.25, 0.3) is 6.20 Å². The van der Waals surface area contributed by atoms with Gasteiger partial charge < -0.3 is 5.32 Å². The van der Waals surface area contributed by atoms with Crippen molar-refractivity contribution in [1.29, 1.82) is 0 Å². The topological polar surface area (TPSA) is 29.9 Å². The molecule has 0 aliphatic carbocycles. The van der Waals surface area contributed by atoms with Crippen molar-refractivity contribution in [3.8, 4) is 0 Å². The van der Waals surface area contributed by atoms with Gasteiger partial charge in [-0.2, -0.15) is 0 Å². The second-order valence-corrected chi connectivity index (χ2v) is 1.59. The second kappa shape index (κ2) is 2.35. The summed E-state index contributed by atoms with van der Waals surface area (Å²) in [5.41, 5.74) is 0. The van der Waals surface area contributed by atoms with Gasteiger partial charge in [0.2, 0.25) is 5.95 Å². The van der Waals surface area contributed by atoms with E-state index in [2.05, 4.69) is 16.9 Å². The molecule has 0 radical (unpaired) electrons. The first-order valence-corrected chi connectivity index (χ1v) is 2.71. The van der Waals surface area contributed by atoms with Gasteiger partial charge in [0.05, 0.1) is 0 Å². The van der Waals surface area contributed by atoms with Crippen molar-refractivity contribution in [2.75, 3.05) is 12.4 Å². The quantitative estimate of drug-likeness (QED) is 0.636. The lowest BCUT2D eigenvalue weighted by Gasteiger charge is -1.97. The van der Waals surface area contributed by atoms with Crippen LogP contribution in [0.1, 0.15) is 0 Å². The molecule has 1 rings (SSSR count). The number of nitrogens with one attached hydrogen (secondary N) is 1. The largest absolute Gasteiger partial charge is 0.358 e. The number of aromatic nitrogens is 2. The predicted molar refractivity (Wildman–Crippen MR) is 38.2 cm³/mol. The molecule has 3 nitrogen and oxygen atoms in total. The van der Waals surface area contributed by atoms with E-state index < -0.39 is 0 Å². The third kappa shape index (κ3) is 0.937. The van der Waals surface area contributed by atoms with Crippen LogP contribution in [0.4, 0.5) is 5.95 Å². The minimum Gasteiger partial charge on any atom is -0.358 e. The summed E-state index contributed by atoms with van der Waals surface area (Å²) in [4.78, 5) is 3.99. The van der Waals surface area contributed by atoms with E-state index >= 15 is 0 Å². The van der Waals surface area contributed by atoms with Gasteiger partial charge in [0.25, 0.3) is 0 Å². The van der Waals surface area contributed by atoms with Crippen LogP contribution in [0.3, 0.4) is 0 Å². The molecule has 3 heteroatoms. The SMILES string of the molecule is C=Cn1ccnc1NC. The Morgan fingerprint density at radius 2 is 2.67 bits per heavy atom. The van der Waals surface area contributed by atoms with E-state index in [-0.39, 0.29) is 0 Å². The van der Waals surface area contributed by atoms with Crippen molar-refractivity contribution in [3.05, 3.63) is 19.0 Å². The molecule has 0 fully saturated rings. The first kappa shape index (κ1) is 5.88. The van der Waals surface area contributed by atoms with E-state index in [1.54, 1.807) is 17.0 Å². The molecule has 1 N–H and O–H groups in total. The molecule has 0 spiro atoms. The van der Waals surface area contributed by atoms with Crippen LogP contribution in [0.2, 0.25) is 0 Å². The number of hydrogen-bond acceptors (Lipinski definition) is 2. The van der Waals surface area contributed by atoms with E-state index in [0.29, 0.717) is 0 Å². The van der Waals surface area contributed by atoms with Crippen LogP contribution < -0.4 is 5.32 Å². The first-order chi connectivity index (χ1) is 4.38. The van der Waals surface area contributed by atoms with Crippen molar-refractivity contribution >= 4 is 12.1 Å². The third-order valence-electron chi connectivity index (χ3n) is 1.09. The van der Waals surface area contributed by atoms with Gasteiger partial charge in [-0.1, -0.05) is 6.58 Å². The second-order valence-electron chi connectivity index (χ2n) is 1.59. The van der Waals surface area contributed by atoms with Gasteiger partial charge in [-0.25, -0.2) is 4.98 Å². The van der Waals surface area contributed by atoms with Crippen LogP contribution in [0.15, 0.2) is 19.0 Å². The lowest BCUT2D eigenvalue weighted by atomic mass is 10.8. The fraction of sp³-hybridized carbons (Fsp3) is 0.167. The minimum absolute atomic E-state index is 0.810. The molecular formula is C6H9N3. The molecule has 0 saturated heterocycles. The number of rotatable bonds is 2. The summed E-state index contributed by atoms with van der Waals surface area (Å²) in [6.07, 6.45) is 5.24. The monoisotopic (exact) mass is 123 g/mol. The van der Waals surface area contributed by atoms with E-state index in [9.17, 15) is 0 Å². The highest BCUT2D eigenvalue weighted by Crippen LogP contribution is 2.00. The molecule has 48 valence electrons. The van der Waals surface area contributed by atoms with Crippen molar-refractivity contribution in [2.24, 2.45) is 0 Å². The summed E-state index contributed by atoms with van der Waals surface area (Å²) in [6, 6.07) is 0. The van der Waals surface area contributed by atoms with E-state index in [1.165, 1.54) is 0 Å². The molecule has 0 amide bonds. The number of imidazole rings is 1. The summed E-state index contributed by atoms with van der Waals surface area (Å²) in [5.74, 6) is 0.810. The Hall–Kier alpha value is -1.25. The molecule has 1 aromatic heterocycles. The van der Waals surface area contributed by atoms with Gasteiger partial charge >= 0.3 is 0 Å². The Balaban J connectivity index is 2.98. The molecule has 0 aliphatic heterocycles. The van der Waals surface area contributed by atoms with Crippen LogP contribution in [0, 0.1) is 0 Å². The van der Waals surface area contributed by atoms with Crippen molar-refractivity contribution < 1.29 is 0 Å². The zero-order valence-electron chi connectivity index (χ0n) is 5.33. The molecular weight excluding hydrogens is 114 g/mol. The zero-order valence-corrected chi connectivity index (χ0v) is 5.33. The molecule has 9 heavy (non-hydrogen) atoms. The van der Waals surface area contributed by atoms with E-state index in [1.807, 2.05) is 13.2 Å². The van der Waals surface area contributed by atoms with Gasteiger partial charge in [0.15, 0.2) is 0 Å². The normalized spacial score (nSPS) is 9.00. The maximum Gasteiger partial charge on any atom is 0.206 e. The molecule has 0 aromatic carbocycles. The highest BCUT2D eigenvalue weighted by Gasteiger charge is 1.91. The van der Waals surface area contributed by atoms with Crippen LogP contribution >= 0.6 is 0 Å². The molecule has 0 atom stereocenters. The van der Waals surface area contributed by atoms with Crippen LogP contribution in [-0.4, -0.2) is 16.6 Å². The van der Waals surface area contributed by atoms with Gasteiger partial charge in [-0.15, -0.1) is 0 Å². The van der Waals surface area contributed by atoms with E-state index in [4.69, 9.17) is 0 Å². The Kier molecular flexibility index (Phi) is 1.53. The number of hydrogen-bond donors (Lipinski definition) is 1. The zero-order chi connectivity index (χ0) is 6.69. The smallest absolute Gasteiger partial charge is 0.206 e. The highest BCUT2D eigenvalue weighted by molar-refractivity contribution is 5.35. The molecule has 1 aromatic rings. The van der Waals surface area contributed by atoms with Crippen molar-refractivity contribution in [1.82, 2.24) is 9.55 Å². The summed E-state index contributed by atoms with van der Waals surface area (Å²) in [7, 11) is 1.82. The summed E-state index contributed by atoms with van der Waals surface area (Å²) in [5, 5.41) is 2.91. The number of anilines is 1. The Morgan fingerprint density at radius 1 is 1.89 bits per heavy atom. The summed E-state index contributed by atoms with van der Waals surface area (Å²) >= 11 is 0. The Morgan fingerprint density at radius 3 is 3.11 bits per heavy atom. The maximum absolute atomic E-state index is 3.99. The standard InChI is InChI=1S/C6H9N3/c1-3-9-5-4-8-6(9)7-2/h3-5H,1H2,2H3,(H,7,8). The molecule has 0 aliphatic rings. The first-order valence-electron chi connectivity index (χ1n) is 2.71. The Bertz CT molecular complexity index is 202. The van der Waals surface area contributed by atoms with Gasteiger partial charge in [-0.3, -0.25) is 4.57 Å². The van der Waals surface area contributed by atoms with Crippen LogP contribution in [-0.2, 0) is 0 Å². The van der Waals surface area contributed by atoms with Crippen LogP contribution in [0.5, 0.6) is 0 Å². The fourth-order valence-corrected chi connectivity index (χ4v) is 0.654. The van der Waals surface area contributed by atoms with Crippen molar-refractivity contribution in [3.63, 3.8) is 0 Å².